The van der Waals surface area contributed by atoms with Crippen LogP contribution in [0.3, 0.4) is 0 Å². The van der Waals surface area contributed by atoms with Gasteiger partial charge in [-0.25, -0.2) is 0 Å². The summed E-state index contributed by atoms with van der Waals surface area (Å²) in [6, 6.07) is 15.0. The van der Waals surface area contributed by atoms with E-state index in [-0.39, 0.29) is 12.5 Å². The number of carbonyl (C=O) groups is 1. The second kappa shape index (κ2) is 8.93. The minimum absolute atomic E-state index is 0.0848. The number of carbonyl (C=O) groups excluding carboxylic acids is 1. The SMILES string of the molecule is COc1ccc([C@H](O)CNC(=O)CCc2ccccc2)cc1OC. The van der Waals surface area contributed by atoms with Crippen LogP contribution < -0.4 is 14.8 Å². The maximum atomic E-state index is 11.9. The first-order valence-corrected chi connectivity index (χ1v) is 7.84. The van der Waals surface area contributed by atoms with Gasteiger partial charge in [-0.2, -0.15) is 0 Å². The predicted molar refractivity (Wildman–Crippen MR) is 92.3 cm³/mol. The molecular formula is C19H23NO4. The molecule has 0 radical (unpaired) electrons. The van der Waals surface area contributed by atoms with Gasteiger partial charge in [0.25, 0.3) is 0 Å². The Hall–Kier alpha value is -2.53. The second-order valence-corrected chi connectivity index (χ2v) is 5.42. The first-order valence-electron chi connectivity index (χ1n) is 7.84. The number of ether oxygens (including phenoxy) is 2. The minimum atomic E-state index is -0.800. The number of benzene rings is 2. The zero-order valence-electron chi connectivity index (χ0n) is 14.0. The number of hydrogen-bond donors (Lipinski definition) is 2. The lowest BCUT2D eigenvalue weighted by Crippen LogP contribution is -2.28. The number of hydrogen-bond acceptors (Lipinski definition) is 4. The Morgan fingerprint density at radius 1 is 1.08 bits per heavy atom. The molecule has 0 aliphatic carbocycles. The number of methoxy groups -OCH3 is 2. The van der Waals surface area contributed by atoms with Gasteiger partial charge in [0.05, 0.1) is 20.3 Å². The van der Waals surface area contributed by atoms with Crippen molar-refractivity contribution in [2.45, 2.75) is 18.9 Å². The van der Waals surface area contributed by atoms with Gasteiger partial charge in [-0.05, 0) is 29.7 Å². The molecule has 5 nitrogen and oxygen atoms in total. The molecule has 0 saturated carbocycles. The summed E-state index contributed by atoms with van der Waals surface area (Å²) in [5.41, 5.74) is 1.78. The summed E-state index contributed by atoms with van der Waals surface area (Å²) in [5.74, 6) is 1.06. The van der Waals surface area contributed by atoms with Crippen LogP contribution in [0.2, 0.25) is 0 Å². The molecule has 2 rings (SSSR count). The Morgan fingerprint density at radius 2 is 1.79 bits per heavy atom. The number of aryl methyl sites for hydroxylation is 1. The zero-order valence-corrected chi connectivity index (χ0v) is 14.0. The van der Waals surface area contributed by atoms with E-state index in [1.54, 1.807) is 32.4 Å². The largest absolute Gasteiger partial charge is 0.493 e. The molecule has 0 fully saturated rings. The number of nitrogens with one attached hydrogen (secondary N) is 1. The highest BCUT2D eigenvalue weighted by atomic mass is 16.5. The Bertz CT molecular complexity index is 658. The quantitative estimate of drug-likeness (QED) is 0.781. The van der Waals surface area contributed by atoms with Crippen LogP contribution in [0.1, 0.15) is 23.7 Å². The Morgan fingerprint density at radius 3 is 2.46 bits per heavy atom. The molecule has 2 N–H and O–H groups in total. The van der Waals surface area contributed by atoms with E-state index in [1.165, 1.54) is 0 Å². The standard InChI is InChI=1S/C19H23NO4/c1-23-17-10-9-15(12-18(17)24-2)16(21)13-20-19(22)11-8-14-6-4-3-5-7-14/h3-7,9-10,12,16,21H,8,11,13H2,1-2H3,(H,20,22)/t16-/m1/s1. The average Bonchev–Trinajstić information content (AvgIpc) is 2.64. The van der Waals surface area contributed by atoms with E-state index in [0.29, 0.717) is 29.9 Å². The monoisotopic (exact) mass is 329 g/mol. The molecule has 128 valence electrons. The van der Waals surface area contributed by atoms with E-state index in [1.807, 2.05) is 30.3 Å². The third-order valence-corrected chi connectivity index (χ3v) is 3.77. The van der Waals surface area contributed by atoms with Crippen molar-refractivity contribution in [3.05, 3.63) is 59.7 Å². The van der Waals surface area contributed by atoms with Gasteiger partial charge in [0, 0.05) is 13.0 Å². The van der Waals surface area contributed by atoms with Gasteiger partial charge >= 0.3 is 0 Å². The number of aliphatic hydroxyl groups excluding tert-OH is 1. The molecule has 0 spiro atoms. The van der Waals surface area contributed by atoms with Crippen LogP contribution in [0.4, 0.5) is 0 Å². The van der Waals surface area contributed by atoms with Crippen molar-refractivity contribution in [2.24, 2.45) is 0 Å². The summed E-state index contributed by atoms with van der Waals surface area (Å²) < 4.78 is 10.4. The molecule has 0 bridgehead atoms. The van der Waals surface area contributed by atoms with E-state index in [4.69, 9.17) is 9.47 Å². The average molecular weight is 329 g/mol. The van der Waals surface area contributed by atoms with Gasteiger partial charge in [-0.15, -0.1) is 0 Å². The summed E-state index contributed by atoms with van der Waals surface area (Å²) in [4.78, 5) is 11.9. The van der Waals surface area contributed by atoms with Crippen LogP contribution in [-0.2, 0) is 11.2 Å². The molecule has 0 aromatic heterocycles. The lowest BCUT2D eigenvalue weighted by molar-refractivity contribution is -0.121. The Balaban J connectivity index is 1.84. The molecule has 24 heavy (non-hydrogen) atoms. The molecule has 0 aliphatic heterocycles. The molecule has 5 heteroatoms. The van der Waals surface area contributed by atoms with E-state index >= 15 is 0 Å². The Labute approximate surface area is 142 Å². The van der Waals surface area contributed by atoms with Gasteiger partial charge in [-0.3, -0.25) is 4.79 Å². The fourth-order valence-corrected chi connectivity index (χ4v) is 2.38. The predicted octanol–water partition coefficient (Wildman–Crippen LogP) is 2.49. The van der Waals surface area contributed by atoms with Crippen LogP contribution in [0.25, 0.3) is 0 Å². The minimum Gasteiger partial charge on any atom is -0.493 e. The van der Waals surface area contributed by atoms with E-state index in [9.17, 15) is 9.90 Å². The maximum absolute atomic E-state index is 11.9. The molecule has 0 saturated heterocycles. The molecule has 0 unspecified atom stereocenters. The van der Waals surface area contributed by atoms with Gasteiger partial charge in [-0.1, -0.05) is 36.4 Å². The van der Waals surface area contributed by atoms with Crippen LogP contribution in [0.15, 0.2) is 48.5 Å². The van der Waals surface area contributed by atoms with Gasteiger partial charge in [0.15, 0.2) is 11.5 Å². The third-order valence-electron chi connectivity index (χ3n) is 3.77. The summed E-state index contributed by atoms with van der Waals surface area (Å²) >= 11 is 0. The lowest BCUT2D eigenvalue weighted by atomic mass is 10.1. The van der Waals surface area contributed by atoms with Gasteiger partial charge in [0.1, 0.15) is 0 Å². The van der Waals surface area contributed by atoms with Crippen molar-refractivity contribution in [3.63, 3.8) is 0 Å². The highest BCUT2D eigenvalue weighted by Gasteiger charge is 2.13. The van der Waals surface area contributed by atoms with Gasteiger partial charge in [0.2, 0.25) is 5.91 Å². The molecular weight excluding hydrogens is 306 g/mol. The Kier molecular flexibility index (Phi) is 6.63. The van der Waals surface area contributed by atoms with Crippen molar-refractivity contribution in [1.29, 1.82) is 0 Å². The summed E-state index contributed by atoms with van der Waals surface area (Å²) in [5, 5.41) is 13.0. The van der Waals surface area contributed by atoms with Crippen molar-refractivity contribution >= 4 is 5.91 Å². The summed E-state index contributed by atoms with van der Waals surface area (Å²) in [6.45, 7) is 0.156. The fraction of sp³-hybridized carbons (Fsp3) is 0.316. The molecule has 1 atom stereocenters. The van der Waals surface area contributed by atoms with E-state index in [0.717, 1.165) is 5.56 Å². The van der Waals surface area contributed by atoms with E-state index in [2.05, 4.69) is 5.32 Å². The van der Waals surface area contributed by atoms with Crippen LogP contribution in [0.5, 0.6) is 11.5 Å². The van der Waals surface area contributed by atoms with Gasteiger partial charge < -0.3 is 19.9 Å². The second-order valence-electron chi connectivity index (χ2n) is 5.42. The van der Waals surface area contributed by atoms with Crippen LogP contribution in [-0.4, -0.2) is 31.8 Å². The molecule has 2 aromatic rings. The number of rotatable bonds is 8. The third kappa shape index (κ3) is 4.99. The first kappa shape index (κ1) is 17.8. The van der Waals surface area contributed by atoms with Crippen molar-refractivity contribution in [2.75, 3.05) is 20.8 Å². The lowest BCUT2D eigenvalue weighted by Gasteiger charge is -2.15. The van der Waals surface area contributed by atoms with Crippen molar-refractivity contribution in [1.82, 2.24) is 5.32 Å². The topological polar surface area (TPSA) is 67.8 Å². The smallest absolute Gasteiger partial charge is 0.220 e. The van der Waals surface area contributed by atoms with Crippen LogP contribution >= 0.6 is 0 Å². The summed E-state index contributed by atoms with van der Waals surface area (Å²) in [6.07, 6.45) is 0.271. The molecule has 0 heterocycles. The first-order chi connectivity index (χ1) is 11.6. The number of amides is 1. The number of aliphatic hydroxyl groups is 1. The summed E-state index contributed by atoms with van der Waals surface area (Å²) in [7, 11) is 3.10. The van der Waals surface area contributed by atoms with Crippen LogP contribution in [0, 0.1) is 0 Å². The van der Waals surface area contributed by atoms with Crippen molar-refractivity contribution < 1.29 is 19.4 Å². The zero-order chi connectivity index (χ0) is 17.4. The highest BCUT2D eigenvalue weighted by molar-refractivity contribution is 5.76. The fourth-order valence-electron chi connectivity index (χ4n) is 2.38. The van der Waals surface area contributed by atoms with Crippen molar-refractivity contribution in [3.8, 4) is 11.5 Å². The molecule has 2 aromatic carbocycles. The van der Waals surface area contributed by atoms with E-state index < -0.39 is 6.10 Å². The molecule has 1 amide bonds. The normalized spacial score (nSPS) is 11.6. The molecule has 0 aliphatic rings. The maximum Gasteiger partial charge on any atom is 0.220 e. The highest BCUT2D eigenvalue weighted by Crippen LogP contribution is 2.29.